The predicted molar refractivity (Wildman–Crippen MR) is 103 cm³/mol. The van der Waals surface area contributed by atoms with E-state index in [9.17, 15) is 35.2 Å². The van der Waals surface area contributed by atoms with Crippen LogP contribution in [0.15, 0.2) is 18.2 Å². The van der Waals surface area contributed by atoms with Crippen molar-refractivity contribution in [3.05, 3.63) is 23.8 Å². The average Bonchev–Trinajstić information content (AvgIpc) is 2.51. The molecule has 0 bridgehead atoms. The Morgan fingerprint density at radius 1 is 0.828 bits per heavy atom. The van der Waals surface area contributed by atoms with Gasteiger partial charge >= 0.3 is 5.97 Å². The van der Waals surface area contributed by atoms with E-state index in [4.69, 9.17) is 13.7 Å². The molecule has 16 heteroatoms. The lowest BCUT2D eigenvalue weighted by atomic mass is 10.1. The van der Waals surface area contributed by atoms with E-state index in [0.29, 0.717) is 0 Å². The summed E-state index contributed by atoms with van der Waals surface area (Å²) in [7, 11) is -13.1. The van der Waals surface area contributed by atoms with Gasteiger partial charge in [0.25, 0.3) is 30.4 Å². The molecule has 0 fully saturated rings. The van der Waals surface area contributed by atoms with Crippen molar-refractivity contribution in [1.29, 1.82) is 0 Å². The molecule has 0 aliphatic heterocycles. The third kappa shape index (κ3) is 11.0. The van der Waals surface area contributed by atoms with Crippen molar-refractivity contribution in [1.82, 2.24) is 0 Å². The largest absolute Gasteiger partial charge is 0.478 e. The summed E-state index contributed by atoms with van der Waals surface area (Å²) in [6.45, 7) is -1.14. The van der Waals surface area contributed by atoms with Crippen LogP contribution in [0, 0.1) is 0 Å². The van der Waals surface area contributed by atoms with Gasteiger partial charge in [-0.15, -0.1) is 0 Å². The summed E-state index contributed by atoms with van der Waals surface area (Å²) in [4.78, 5) is 12.5. The van der Waals surface area contributed by atoms with E-state index in [1.54, 1.807) is 0 Å². The molecule has 5 N–H and O–H groups in total. The van der Waals surface area contributed by atoms with Crippen molar-refractivity contribution < 1.29 is 48.8 Å². The minimum Gasteiger partial charge on any atom is -0.478 e. The van der Waals surface area contributed by atoms with Gasteiger partial charge in [0.05, 0.1) is 22.8 Å². The van der Waals surface area contributed by atoms with Crippen LogP contribution in [-0.2, 0) is 30.4 Å². The standard InChI is InChI=1S/C13H20N2O11S3/c16-13(17)10-7-11(14-1-4-27(18,19)20)9-12(8-10)15(2-5-28(21,22)23)3-6-29(24,25)26/h7-9,14H,1-6H2,(H,16,17)(H,18,19,20)(H,21,22,23)(H,24,25,26). The van der Waals surface area contributed by atoms with Crippen LogP contribution in [0.1, 0.15) is 10.4 Å². The monoisotopic (exact) mass is 476 g/mol. The molecule has 0 saturated heterocycles. The topological polar surface area (TPSA) is 216 Å². The third-order valence-electron chi connectivity index (χ3n) is 3.46. The lowest BCUT2D eigenvalue weighted by Crippen LogP contribution is -2.33. The summed E-state index contributed by atoms with van der Waals surface area (Å²) >= 11 is 0. The van der Waals surface area contributed by atoms with Crippen molar-refractivity contribution in [2.75, 3.05) is 47.1 Å². The van der Waals surface area contributed by atoms with Crippen molar-refractivity contribution in [2.24, 2.45) is 0 Å². The molecule has 0 aliphatic rings. The molecular weight excluding hydrogens is 456 g/mol. The zero-order valence-electron chi connectivity index (χ0n) is 14.8. The van der Waals surface area contributed by atoms with E-state index in [1.807, 2.05) is 0 Å². The van der Waals surface area contributed by atoms with Gasteiger partial charge in [0.15, 0.2) is 0 Å². The normalized spacial score (nSPS) is 12.5. The average molecular weight is 477 g/mol. The smallest absolute Gasteiger partial charge is 0.335 e. The van der Waals surface area contributed by atoms with Crippen LogP contribution in [0.25, 0.3) is 0 Å². The first-order valence-electron chi connectivity index (χ1n) is 7.78. The van der Waals surface area contributed by atoms with E-state index < -0.39 is 66.7 Å². The Bertz CT molecular complexity index is 1010. The summed E-state index contributed by atoms with van der Waals surface area (Å²) in [6, 6.07) is 3.52. The number of benzene rings is 1. The first kappa shape index (κ1) is 25.1. The Balaban J connectivity index is 3.23. The zero-order chi connectivity index (χ0) is 22.5. The van der Waals surface area contributed by atoms with E-state index in [-0.39, 0.29) is 23.5 Å². The third-order valence-corrected chi connectivity index (χ3v) is 5.57. The maximum absolute atomic E-state index is 11.3. The fourth-order valence-electron chi connectivity index (χ4n) is 2.16. The Morgan fingerprint density at radius 2 is 1.31 bits per heavy atom. The van der Waals surface area contributed by atoms with Crippen LogP contribution in [-0.4, -0.2) is 86.9 Å². The van der Waals surface area contributed by atoms with Crippen LogP contribution in [0.3, 0.4) is 0 Å². The molecule has 13 nitrogen and oxygen atoms in total. The molecule has 0 heterocycles. The summed E-state index contributed by atoms with van der Waals surface area (Å²) in [6.07, 6.45) is 0. The van der Waals surface area contributed by atoms with Gasteiger partial charge in [-0.25, -0.2) is 4.79 Å². The molecule has 0 saturated carbocycles. The molecule has 0 aliphatic carbocycles. The molecule has 1 rings (SSSR count). The van der Waals surface area contributed by atoms with Gasteiger partial charge in [0.2, 0.25) is 0 Å². The first-order chi connectivity index (χ1) is 13.1. The Kier molecular flexibility index (Phi) is 8.36. The van der Waals surface area contributed by atoms with E-state index in [1.165, 1.54) is 6.07 Å². The zero-order valence-corrected chi connectivity index (χ0v) is 17.2. The molecule has 1 aromatic carbocycles. The van der Waals surface area contributed by atoms with Crippen molar-refractivity contribution >= 4 is 47.7 Å². The molecule has 0 atom stereocenters. The number of anilines is 2. The number of rotatable bonds is 12. The number of hydrogen-bond acceptors (Lipinski definition) is 9. The molecule has 166 valence electrons. The van der Waals surface area contributed by atoms with Crippen LogP contribution >= 0.6 is 0 Å². The minimum absolute atomic E-state index is 0.0338. The van der Waals surface area contributed by atoms with Crippen LogP contribution in [0.4, 0.5) is 11.4 Å². The molecule has 29 heavy (non-hydrogen) atoms. The second kappa shape index (κ2) is 9.68. The van der Waals surface area contributed by atoms with Crippen LogP contribution < -0.4 is 10.2 Å². The molecule has 1 aromatic rings. The lowest BCUT2D eigenvalue weighted by molar-refractivity contribution is 0.0697. The van der Waals surface area contributed by atoms with Gasteiger partial charge in [-0.3, -0.25) is 13.7 Å². The highest BCUT2D eigenvalue weighted by Crippen LogP contribution is 2.23. The van der Waals surface area contributed by atoms with Crippen molar-refractivity contribution in [2.45, 2.75) is 0 Å². The van der Waals surface area contributed by atoms with Gasteiger partial charge in [-0.05, 0) is 18.2 Å². The highest BCUT2D eigenvalue weighted by molar-refractivity contribution is 7.86. The van der Waals surface area contributed by atoms with Crippen molar-refractivity contribution in [3.8, 4) is 0 Å². The molecule has 0 aromatic heterocycles. The van der Waals surface area contributed by atoms with E-state index in [0.717, 1.165) is 17.0 Å². The Hall–Kier alpha value is -1.98. The Labute approximate surface area is 167 Å². The van der Waals surface area contributed by atoms with Crippen LogP contribution in [0.5, 0.6) is 0 Å². The maximum atomic E-state index is 11.3. The highest BCUT2D eigenvalue weighted by atomic mass is 32.2. The first-order valence-corrected chi connectivity index (χ1v) is 12.6. The minimum atomic E-state index is -4.43. The van der Waals surface area contributed by atoms with Gasteiger partial charge in [-0.2, -0.15) is 25.3 Å². The fourth-order valence-corrected chi connectivity index (χ4v) is 3.43. The van der Waals surface area contributed by atoms with Crippen molar-refractivity contribution in [3.63, 3.8) is 0 Å². The van der Waals surface area contributed by atoms with Gasteiger partial charge in [0, 0.05) is 31.0 Å². The van der Waals surface area contributed by atoms with Gasteiger partial charge in [-0.1, -0.05) is 0 Å². The second-order valence-corrected chi connectivity index (χ2v) is 10.6. The fraction of sp³-hybridized carbons (Fsp3) is 0.462. The van der Waals surface area contributed by atoms with Gasteiger partial charge < -0.3 is 15.3 Å². The predicted octanol–water partition coefficient (Wildman–Crippen LogP) is -0.733. The summed E-state index contributed by atoms with van der Waals surface area (Å²) in [5.41, 5.74) is -0.167. The van der Waals surface area contributed by atoms with E-state index >= 15 is 0 Å². The lowest BCUT2D eigenvalue weighted by Gasteiger charge is -2.25. The highest BCUT2D eigenvalue weighted by Gasteiger charge is 2.17. The number of carboxylic acids is 1. The Morgan fingerprint density at radius 3 is 1.72 bits per heavy atom. The molecule has 0 amide bonds. The number of hydrogen-bond donors (Lipinski definition) is 5. The number of nitrogens with one attached hydrogen (secondary N) is 1. The molecule has 0 unspecified atom stereocenters. The number of nitrogens with zero attached hydrogens (tertiary/aromatic N) is 1. The molecule has 0 spiro atoms. The number of carbonyl (C=O) groups is 1. The second-order valence-electron chi connectivity index (χ2n) is 5.85. The number of aromatic carboxylic acids is 1. The summed E-state index contributed by atoms with van der Waals surface area (Å²) in [5.74, 6) is -3.66. The number of carboxylic acid groups (broad SMARTS) is 1. The maximum Gasteiger partial charge on any atom is 0.335 e. The molecular formula is C13H20N2O11S3. The van der Waals surface area contributed by atoms with E-state index in [2.05, 4.69) is 5.32 Å². The summed E-state index contributed by atoms with van der Waals surface area (Å²) in [5, 5.41) is 11.8. The van der Waals surface area contributed by atoms with Gasteiger partial charge in [0.1, 0.15) is 0 Å². The summed E-state index contributed by atoms with van der Waals surface area (Å²) < 4.78 is 92.2. The molecule has 0 radical (unpaired) electrons. The SMILES string of the molecule is O=C(O)c1cc(NCCS(=O)(=O)O)cc(N(CCS(=O)(=O)O)CCS(=O)(=O)O)c1. The van der Waals surface area contributed by atoms with Crippen LogP contribution in [0.2, 0.25) is 0 Å². The quantitative estimate of drug-likeness (QED) is 0.235.